The molecular weight excluding hydrogens is 164 g/mol. The van der Waals surface area contributed by atoms with E-state index in [9.17, 15) is 4.79 Å². The van der Waals surface area contributed by atoms with Gasteiger partial charge in [0.2, 0.25) is 5.91 Å². The van der Waals surface area contributed by atoms with Gasteiger partial charge in [0.25, 0.3) is 0 Å². The molecule has 0 radical (unpaired) electrons. The number of rotatable bonds is 4. The molecule has 0 bridgehead atoms. The van der Waals surface area contributed by atoms with Crippen molar-refractivity contribution in [3.8, 4) is 0 Å². The predicted octanol–water partition coefficient (Wildman–Crippen LogP) is 0.378. The Hall–Kier alpha value is -0.280. The number of nitrogens with zero attached hydrogens (tertiary/aromatic N) is 1. The fourth-order valence-electron chi connectivity index (χ4n) is 1.14. The van der Waals surface area contributed by atoms with Crippen molar-refractivity contribution < 1.29 is 4.79 Å². The predicted molar refractivity (Wildman–Crippen MR) is 46.7 cm³/mol. The number of carbonyl (C=O) groups is 1. The van der Waals surface area contributed by atoms with Crippen LogP contribution in [0.25, 0.3) is 0 Å². The van der Waals surface area contributed by atoms with Crippen molar-refractivity contribution in [2.45, 2.75) is 25.8 Å². The van der Waals surface area contributed by atoms with E-state index < -0.39 is 0 Å². The first kappa shape index (κ1) is 10.7. The van der Waals surface area contributed by atoms with E-state index in [1.54, 1.807) is 0 Å². The minimum Gasteiger partial charge on any atom is -0.369 e. The second kappa shape index (κ2) is 4.57. The van der Waals surface area contributed by atoms with Crippen LogP contribution in [0.15, 0.2) is 0 Å². The highest BCUT2D eigenvalue weighted by Gasteiger charge is 2.28. The van der Waals surface area contributed by atoms with Crippen molar-refractivity contribution in [3.05, 3.63) is 0 Å². The topological polar surface area (TPSA) is 46.3 Å². The number of hydrogen-bond acceptors (Lipinski definition) is 2. The molecule has 0 spiro atoms. The van der Waals surface area contributed by atoms with E-state index >= 15 is 0 Å². The number of halogens is 1. The zero-order valence-corrected chi connectivity index (χ0v) is 7.56. The smallest absolute Gasteiger partial charge is 0.231 e. The van der Waals surface area contributed by atoms with Crippen LogP contribution in [0.1, 0.15) is 19.8 Å². The lowest BCUT2D eigenvalue weighted by molar-refractivity contribution is -0.119. The van der Waals surface area contributed by atoms with E-state index in [-0.39, 0.29) is 18.3 Å². The van der Waals surface area contributed by atoms with Gasteiger partial charge in [-0.25, -0.2) is 0 Å². The summed E-state index contributed by atoms with van der Waals surface area (Å²) in [6.07, 6.45) is 2.47. The van der Waals surface area contributed by atoms with Crippen molar-refractivity contribution in [1.29, 1.82) is 0 Å². The van der Waals surface area contributed by atoms with E-state index in [0.29, 0.717) is 12.6 Å². The molecule has 1 aliphatic carbocycles. The van der Waals surface area contributed by atoms with Crippen molar-refractivity contribution in [2.24, 2.45) is 5.73 Å². The van der Waals surface area contributed by atoms with Crippen LogP contribution in [0.2, 0.25) is 0 Å². The number of nitrogens with two attached hydrogens (primary N) is 1. The maximum atomic E-state index is 10.5. The molecule has 0 aromatic carbocycles. The maximum Gasteiger partial charge on any atom is 0.231 e. The third-order valence-electron chi connectivity index (χ3n) is 1.83. The summed E-state index contributed by atoms with van der Waals surface area (Å²) in [5, 5.41) is 0. The molecule has 1 rings (SSSR count). The van der Waals surface area contributed by atoms with E-state index in [2.05, 4.69) is 11.8 Å². The Kier molecular flexibility index (Phi) is 4.45. The average Bonchev–Trinajstić information content (AvgIpc) is 2.63. The minimum atomic E-state index is -0.214. The molecule has 3 nitrogen and oxygen atoms in total. The summed E-state index contributed by atoms with van der Waals surface area (Å²) in [5.74, 6) is -0.214. The molecule has 2 N–H and O–H groups in total. The SMILES string of the molecule is CCN(CC(N)=O)C1CC1.Cl. The van der Waals surface area contributed by atoms with Gasteiger partial charge in [0.15, 0.2) is 0 Å². The van der Waals surface area contributed by atoms with Crippen LogP contribution < -0.4 is 5.73 Å². The number of amides is 1. The Bertz CT molecular complexity index is 136. The van der Waals surface area contributed by atoms with Gasteiger partial charge in [0, 0.05) is 6.04 Å². The Labute approximate surface area is 73.3 Å². The van der Waals surface area contributed by atoms with Gasteiger partial charge in [-0.05, 0) is 19.4 Å². The lowest BCUT2D eigenvalue weighted by atomic mass is 10.4. The van der Waals surface area contributed by atoms with Gasteiger partial charge < -0.3 is 5.73 Å². The lowest BCUT2D eigenvalue weighted by Gasteiger charge is -2.16. The van der Waals surface area contributed by atoms with Crippen LogP contribution in [-0.2, 0) is 4.79 Å². The fourth-order valence-corrected chi connectivity index (χ4v) is 1.14. The first-order valence-electron chi connectivity index (χ1n) is 3.76. The van der Waals surface area contributed by atoms with E-state index in [1.165, 1.54) is 12.8 Å². The molecule has 1 saturated carbocycles. The van der Waals surface area contributed by atoms with Gasteiger partial charge in [-0.2, -0.15) is 0 Å². The lowest BCUT2D eigenvalue weighted by Crippen LogP contribution is -2.35. The molecule has 4 heteroatoms. The molecule has 11 heavy (non-hydrogen) atoms. The number of carbonyl (C=O) groups excluding carboxylic acids is 1. The third kappa shape index (κ3) is 3.58. The van der Waals surface area contributed by atoms with Gasteiger partial charge in [-0.15, -0.1) is 12.4 Å². The average molecular weight is 179 g/mol. The molecule has 1 aliphatic rings. The monoisotopic (exact) mass is 178 g/mol. The van der Waals surface area contributed by atoms with Crippen molar-refractivity contribution in [2.75, 3.05) is 13.1 Å². The summed E-state index contributed by atoms with van der Waals surface area (Å²) in [7, 11) is 0. The molecule has 0 atom stereocenters. The van der Waals surface area contributed by atoms with Gasteiger partial charge in [-0.1, -0.05) is 6.92 Å². The normalized spacial score (nSPS) is 16.2. The molecule has 0 aromatic heterocycles. The highest BCUT2D eigenvalue weighted by Crippen LogP contribution is 2.25. The van der Waals surface area contributed by atoms with Crippen LogP contribution in [0.5, 0.6) is 0 Å². The Balaban J connectivity index is 0.000001000. The van der Waals surface area contributed by atoms with Gasteiger partial charge in [0.1, 0.15) is 0 Å². The zero-order valence-electron chi connectivity index (χ0n) is 6.75. The zero-order chi connectivity index (χ0) is 7.56. The highest BCUT2D eigenvalue weighted by atomic mass is 35.5. The third-order valence-corrected chi connectivity index (χ3v) is 1.83. The number of hydrogen-bond donors (Lipinski definition) is 1. The van der Waals surface area contributed by atoms with Crippen LogP contribution in [0, 0.1) is 0 Å². The maximum absolute atomic E-state index is 10.5. The highest BCUT2D eigenvalue weighted by molar-refractivity contribution is 5.85. The molecule has 1 fully saturated rings. The summed E-state index contributed by atoms with van der Waals surface area (Å²) in [6, 6.07) is 0.650. The molecule has 1 amide bonds. The van der Waals surface area contributed by atoms with Crippen LogP contribution in [-0.4, -0.2) is 29.9 Å². The van der Waals surface area contributed by atoms with E-state index in [1.807, 2.05) is 0 Å². The second-order valence-corrected chi connectivity index (χ2v) is 2.76. The molecule has 0 aromatic rings. The van der Waals surface area contributed by atoms with Crippen LogP contribution in [0.3, 0.4) is 0 Å². The Morgan fingerprint density at radius 1 is 1.64 bits per heavy atom. The summed E-state index contributed by atoms with van der Waals surface area (Å²) < 4.78 is 0. The van der Waals surface area contributed by atoms with Crippen LogP contribution in [0.4, 0.5) is 0 Å². The Morgan fingerprint density at radius 3 is 2.45 bits per heavy atom. The molecular formula is C7H15ClN2O. The van der Waals surface area contributed by atoms with Gasteiger partial charge in [-0.3, -0.25) is 9.69 Å². The first-order chi connectivity index (χ1) is 4.74. The minimum absolute atomic E-state index is 0. The largest absolute Gasteiger partial charge is 0.369 e. The first-order valence-corrected chi connectivity index (χ1v) is 3.76. The summed E-state index contributed by atoms with van der Waals surface area (Å²) in [6.45, 7) is 3.43. The van der Waals surface area contributed by atoms with E-state index in [4.69, 9.17) is 5.73 Å². The van der Waals surface area contributed by atoms with Crippen molar-refractivity contribution >= 4 is 18.3 Å². The number of likely N-dealkylation sites (N-methyl/N-ethyl adjacent to an activating group) is 1. The van der Waals surface area contributed by atoms with Gasteiger partial charge >= 0.3 is 0 Å². The fraction of sp³-hybridized carbons (Fsp3) is 0.857. The van der Waals surface area contributed by atoms with Crippen LogP contribution >= 0.6 is 12.4 Å². The molecule has 0 aliphatic heterocycles. The molecule has 66 valence electrons. The standard InChI is InChI=1S/C7H14N2O.ClH/c1-2-9(5-7(8)10)6-3-4-6;/h6H,2-5H2,1H3,(H2,8,10);1H. The van der Waals surface area contributed by atoms with Gasteiger partial charge in [0.05, 0.1) is 6.54 Å². The second-order valence-electron chi connectivity index (χ2n) is 2.76. The molecule has 0 heterocycles. The Morgan fingerprint density at radius 2 is 2.18 bits per heavy atom. The molecule has 0 unspecified atom stereocenters. The van der Waals surface area contributed by atoms with Crippen molar-refractivity contribution in [1.82, 2.24) is 4.90 Å². The summed E-state index contributed by atoms with van der Waals surface area (Å²) in [4.78, 5) is 12.6. The van der Waals surface area contributed by atoms with E-state index in [0.717, 1.165) is 6.54 Å². The summed E-state index contributed by atoms with van der Waals surface area (Å²) in [5.41, 5.74) is 5.05. The number of primary amides is 1. The quantitative estimate of drug-likeness (QED) is 0.677. The summed E-state index contributed by atoms with van der Waals surface area (Å²) >= 11 is 0. The molecule has 0 saturated heterocycles. The van der Waals surface area contributed by atoms with Crippen molar-refractivity contribution in [3.63, 3.8) is 0 Å².